The van der Waals surface area contributed by atoms with E-state index in [0.717, 1.165) is 0 Å². The Kier molecular flexibility index (Phi) is 4.85. The molecule has 0 N–H and O–H groups in total. The zero-order valence-corrected chi connectivity index (χ0v) is 17.7. The summed E-state index contributed by atoms with van der Waals surface area (Å²) in [5.74, 6) is 0. The molecule has 0 radical (unpaired) electrons. The molecule has 0 saturated carbocycles. The first kappa shape index (κ1) is 19.9. The molecule has 0 aliphatic carbocycles. The molecule has 0 unspecified atom stereocenters. The van der Waals surface area contributed by atoms with Gasteiger partial charge in [0.2, 0.25) is 0 Å². The summed E-state index contributed by atoms with van der Waals surface area (Å²) in [5.41, 5.74) is 1.25. The van der Waals surface area contributed by atoms with E-state index in [9.17, 15) is 9.59 Å². The van der Waals surface area contributed by atoms with Gasteiger partial charge in [-0.2, -0.15) is 0 Å². The molecule has 0 aromatic heterocycles. The van der Waals surface area contributed by atoms with Crippen LogP contribution in [0.5, 0.6) is 0 Å². The van der Waals surface area contributed by atoms with Gasteiger partial charge in [-0.15, -0.1) is 0 Å². The van der Waals surface area contributed by atoms with Gasteiger partial charge in [-0.25, -0.2) is 0 Å². The van der Waals surface area contributed by atoms with Gasteiger partial charge in [0.15, 0.2) is 0 Å². The van der Waals surface area contributed by atoms with Crippen molar-refractivity contribution >= 4 is 24.7 Å². The molecule has 0 saturated heterocycles. The van der Waals surface area contributed by atoms with Crippen molar-refractivity contribution in [1.29, 1.82) is 0 Å². The van der Waals surface area contributed by atoms with Crippen molar-refractivity contribution in [3.8, 4) is 0 Å². The molecule has 2 aromatic rings. The minimum atomic E-state index is -3.24. The summed E-state index contributed by atoms with van der Waals surface area (Å²) < 4.78 is 6.59. The van der Waals surface area contributed by atoms with Crippen LogP contribution < -0.4 is 0 Å². The summed E-state index contributed by atoms with van der Waals surface area (Å²) in [6.07, 6.45) is 0. The molecular weight excluding hydrogens is 350 g/mol. The van der Waals surface area contributed by atoms with Crippen molar-refractivity contribution < 1.29 is 13.9 Å². The molecular formula is C20H28O3P2. The molecule has 0 aliphatic rings. The number of hydrogen-bond acceptors (Lipinski definition) is 3. The molecule has 3 nitrogen and oxygen atoms in total. The van der Waals surface area contributed by atoms with Crippen LogP contribution in [0.1, 0.15) is 20.7 Å². The molecule has 0 aliphatic heterocycles. The predicted octanol–water partition coefficient (Wildman–Crippen LogP) is 5.40. The third-order valence-corrected chi connectivity index (χ3v) is 11.9. The zero-order valence-electron chi connectivity index (χ0n) is 15.9. The van der Waals surface area contributed by atoms with Gasteiger partial charge in [0.05, 0.1) is 0 Å². The first-order valence-electron chi connectivity index (χ1n) is 8.23. The van der Waals surface area contributed by atoms with Crippen LogP contribution in [-0.2, 0) is 4.31 Å². The van der Waals surface area contributed by atoms with E-state index in [2.05, 4.69) is 0 Å². The van der Waals surface area contributed by atoms with Crippen LogP contribution in [0.2, 0.25) is 0 Å². The molecule has 0 amide bonds. The van der Waals surface area contributed by atoms with Gasteiger partial charge in [0.1, 0.15) is 0 Å². The maximum atomic E-state index is 13.2. The Balaban J connectivity index is 2.43. The van der Waals surface area contributed by atoms with Crippen molar-refractivity contribution in [2.45, 2.75) is 0 Å². The first-order valence-corrected chi connectivity index (χ1v) is 15.2. The van der Waals surface area contributed by atoms with Crippen molar-refractivity contribution in [3.05, 3.63) is 71.8 Å². The maximum absolute atomic E-state index is 13.2. The quantitative estimate of drug-likeness (QED) is 0.632. The molecule has 0 spiro atoms. The summed E-state index contributed by atoms with van der Waals surface area (Å²) in [6, 6.07) is 18.4. The average Bonchev–Trinajstić information content (AvgIpc) is 2.53. The van der Waals surface area contributed by atoms with Crippen LogP contribution >= 0.6 is 13.7 Å². The molecule has 5 heteroatoms. The van der Waals surface area contributed by atoms with E-state index in [1.807, 2.05) is 76.4 Å². The number of carbonyl (C=O) groups excluding carboxylic acids is 2. The van der Waals surface area contributed by atoms with Crippen LogP contribution in [0.15, 0.2) is 60.7 Å². The number of rotatable bonds is 6. The van der Waals surface area contributed by atoms with Crippen LogP contribution in [0.4, 0.5) is 0 Å². The third kappa shape index (κ3) is 4.42. The van der Waals surface area contributed by atoms with Crippen molar-refractivity contribution in [1.82, 2.24) is 0 Å². The molecule has 25 heavy (non-hydrogen) atoms. The SMILES string of the molecule is CP(C)(C)(OP(C)(C)(C)C(=O)c1ccccc1)C(=O)c1ccccc1. The van der Waals surface area contributed by atoms with Gasteiger partial charge < -0.3 is 0 Å². The zero-order chi connectivity index (χ0) is 19.0. The second-order valence-corrected chi connectivity index (χ2v) is 20.8. The molecule has 2 aromatic carbocycles. The van der Waals surface area contributed by atoms with Crippen molar-refractivity contribution in [2.75, 3.05) is 40.0 Å². The van der Waals surface area contributed by atoms with E-state index in [0.29, 0.717) is 11.1 Å². The normalized spacial score (nSPS) is 15.4. The summed E-state index contributed by atoms with van der Waals surface area (Å²) in [6.45, 7) is 4.83. The fourth-order valence-electron chi connectivity index (χ4n) is 3.12. The standard InChI is InChI=1S/C20H28O3P2/c1-24(2,3,19(21)17-13-9-7-10-14-17)23-25(4,5,6)20(22)18-15-11-8-12-16-18/h7-16H,1-6H3. The number of hydrogen-bond donors (Lipinski definition) is 0. The van der Waals surface area contributed by atoms with Crippen LogP contribution in [0.3, 0.4) is 0 Å². The first-order chi connectivity index (χ1) is 11.3. The molecule has 2 rings (SSSR count). The van der Waals surface area contributed by atoms with Gasteiger partial charge in [0, 0.05) is 0 Å². The van der Waals surface area contributed by atoms with Crippen molar-refractivity contribution in [3.63, 3.8) is 0 Å². The second kappa shape index (κ2) is 6.09. The summed E-state index contributed by atoms with van der Waals surface area (Å²) in [5, 5.41) is 0. The Morgan fingerprint density at radius 3 is 1.16 bits per heavy atom. The van der Waals surface area contributed by atoms with Gasteiger partial charge in [-0.1, -0.05) is 0 Å². The van der Waals surface area contributed by atoms with E-state index < -0.39 is 13.7 Å². The molecule has 0 heterocycles. The van der Waals surface area contributed by atoms with E-state index in [-0.39, 0.29) is 11.0 Å². The van der Waals surface area contributed by atoms with Crippen LogP contribution in [0.25, 0.3) is 0 Å². The van der Waals surface area contributed by atoms with E-state index in [1.165, 1.54) is 0 Å². The Labute approximate surface area is 150 Å². The molecule has 0 fully saturated rings. The van der Waals surface area contributed by atoms with E-state index in [4.69, 9.17) is 4.31 Å². The van der Waals surface area contributed by atoms with Gasteiger partial charge in [-0.05, 0) is 0 Å². The van der Waals surface area contributed by atoms with Gasteiger partial charge in [-0.3, -0.25) is 0 Å². The molecule has 136 valence electrons. The van der Waals surface area contributed by atoms with Gasteiger partial charge in [0.25, 0.3) is 0 Å². The Hall–Kier alpha value is -1.40. The van der Waals surface area contributed by atoms with Crippen molar-refractivity contribution in [2.24, 2.45) is 0 Å². The molecule has 0 atom stereocenters. The number of benzene rings is 2. The predicted molar refractivity (Wildman–Crippen MR) is 112 cm³/mol. The third-order valence-electron chi connectivity index (χ3n) is 4.00. The topological polar surface area (TPSA) is 43.4 Å². The second-order valence-electron chi connectivity index (χ2n) is 8.73. The summed E-state index contributed by atoms with van der Waals surface area (Å²) >= 11 is 0. The number of carbonyl (C=O) groups is 2. The monoisotopic (exact) mass is 378 g/mol. The van der Waals surface area contributed by atoms with E-state index >= 15 is 0 Å². The average molecular weight is 378 g/mol. The fraction of sp³-hybridized carbons (Fsp3) is 0.300. The fourth-order valence-corrected chi connectivity index (χ4v) is 13.8. The Morgan fingerprint density at radius 2 is 0.880 bits per heavy atom. The van der Waals surface area contributed by atoms with Crippen LogP contribution in [0, 0.1) is 0 Å². The summed E-state index contributed by atoms with van der Waals surface area (Å²) in [7, 11) is 0. The van der Waals surface area contributed by atoms with E-state index in [1.54, 1.807) is 24.3 Å². The minimum absolute atomic E-state index is 0.00740. The van der Waals surface area contributed by atoms with Crippen LogP contribution in [-0.4, -0.2) is 51.0 Å². The summed E-state index contributed by atoms with van der Waals surface area (Å²) in [4.78, 5) is 26.4. The molecule has 0 bridgehead atoms. The van der Waals surface area contributed by atoms with Gasteiger partial charge >= 0.3 is 150 Å². The Morgan fingerprint density at radius 1 is 0.600 bits per heavy atom. The Bertz CT molecular complexity index is 725.